The first kappa shape index (κ1) is 23.2. The molecule has 0 aliphatic carbocycles. The maximum absolute atomic E-state index is 13.0. The van der Waals surface area contributed by atoms with Crippen molar-refractivity contribution in [3.05, 3.63) is 65.5 Å². The predicted molar refractivity (Wildman–Crippen MR) is 121 cm³/mol. The Morgan fingerprint density at radius 3 is 2.25 bits per heavy atom. The highest BCUT2D eigenvalue weighted by Crippen LogP contribution is 2.15. The SMILES string of the molecule is CC(=O)NC(Cc1ccc(C)cc1)C(=O)NC1CCN(C(=O)Nc2ccc(F)cc2)CC1. The molecule has 1 unspecified atom stereocenters. The molecule has 0 radical (unpaired) electrons. The van der Waals surface area contributed by atoms with E-state index >= 15 is 0 Å². The van der Waals surface area contributed by atoms with E-state index in [1.165, 1.54) is 31.2 Å². The number of urea groups is 1. The lowest BCUT2D eigenvalue weighted by atomic mass is 10.0. The Labute approximate surface area is 187 Å². The molecule has 1 heterocycles. The molecule has 0 aromatic heterocycles. The molecule has 1 aliphatic rings. The Morgan fingerprint density at radius 2 is 1.66 bits per heavy atom. The first-order chi connectivity index (χ1) is 15.3. The van der Waals surface area contributed by atoms with E-state index in [-0.39, 0.29) is 29.7 Å². The number of benzene rings is 2. The molecule has 1 saturated heterocycles. The Hall–Kier alpha value is -3.42. The van der Waals surface area contributed by atoms with Crippen molar-refractivity contribution < 1.29 is 18.8 Å². The fraction of sp³-hybridized carbons (Fsp3) is 0.375. The van der Waals surface area contributed by atoms with Gasteiger partial charge in [-0.1, -0.05) is 29.8 Å². The first-order valence-electron chi connectivity index (χ1n) is 10.7. The molecule has 2 aromatic rings. The molecule has 0 bridgehead atoms. The van der Waals surface area contributed by atoms with Crippen LogP contribution in [0.4, 0.5) is 14.9 Å². The lowest BCUT2D eigenvalue weighted by molar-refractivity contribution is -0.128. The van der Waals surface area contributed by atoms with E-state index in [4.69, 9.17) is 0 Å². The monoisotopic (exact) mass is 440 g/mol. The summed E-state index contributed by atoms with van der Waals surface area (Å²) in [6.45, 7) is 4.36. The summed E-state index contributed by atoms with van der Waals surface area (Å²) in [6.07, 6.45) is 1.63. The average Bonchev–Trinajstić information content (AvgIpc) is 2.76. The quantitative estimate of drug-likeness (QED) is 0.645. The number of nitrogens with zero attached hydrogens (tertiary/aromatic N) is 1. The van der Waals surface area contributed by atoms with Crippen LogP contribution in [0.15, 0.2) is 48.5 Å². The highest BCUT2D eigenvalue weighted by Gasteiger charge is 2.27. The molecule has 170 valence electrons. The largest absolute Gasteiger partial charge is 0.351 e. The van der Waals surface area contributed by atoms with E-state index in [1.807, 2.05) is 31.2 Å². The number of halogens is 1. The zero-order chi connectivity index (χ0) is 23.1. The lowest BCUT2D eigenvalue weighted by Gasteiger charge is -2.33. The minimum absolute atomic E-state index is 0.0772. The third kappa shape index (κ3) is 6.80. The zero-order valence-corrected chi connectivity index (χ0v) is 18.4. The third-order valence-electron chi connectivity index (χ3n) is 5.48. The Bertz CT molecular complexity index is 939. The van der Waals surface area contributed by atoms with Gasteiger partial charge < -0.3 is 20.9 Å². The number of carbonyl (C=O) groups excluding carboxylic acids is 3. The van der Waals surface area contributed by atoms with Gasteiger partial charge in [-0.3, -0.25) is 9.59 Å². The molecule has 0 saturated carbocycles. The van der Waals surface area contributed by atoms with Gasteiger partial charge >= 0.3 is 6.03 Å². The van der Waals surface area contributed by atoms with Crippen LogP contribution >= 0.6 is 0 Å². The topological polar surface area (TPSA) is 90.5 Å². The van der Waals surface area contributed by atoms with Crippen LogP contribution in [-0.2, 0) is 16.0 Å². The van der Waals surface area contributed by atoms with Crippen LogP contribution in [0.5, 0.6) is 0 Å². The number of carbonyl (C=O) groups is 3. The summed E-state index contributed by atoms with van der Waals surface area (Å²) in [6, 6.07) is 12.5. The van der Waals surface area contributed by atoms with Gasteiger partial charge in [0.25, 0.3) is 0 Å². The molecule has 3 N–H and O–H groups in total. The molecule has 7 nitrogen and oxygen atoms in total. The summed E-state index contributed by atoms with van der Waals surface area (Å²) >= 11 is 0. The second-order valence-electron chi connectivity index (χ2n) is 8.15. The van der Waals surface area contributed by atoms with Gasteiger partial charge in [0.1, 0.15) is 11.9 Å². The summed E-state index contributed by atoms with van der Waals surface area (Å²) < 4.78 is 13.0. The molecule has 4 amide bonds. The van der Waals surface area contributed by atoms with Gasteiger partial charge in [-0.25, -0.2) is 9.18 Å². The molecule has 1 fully saturated rings. The number of piperidine rings is 1. The molecule has 2 aromatic carbocycles. The van der Waals surface area contributed by atoms with Crippen LogP contribution in [0.2, 0.25) is 0 Å². The standard InChI is InChI=1S/C24H29FN4O3/c1-16-3-5-18(6-4-16)15-22(26-17(2)30)23(31)27-21-11-13-29(14-12-21)24(32)28-20-9-7-19(25)8-10-20/h3-10,21-22H,11-15H2,1-2H3,(H,26,30)(H,27,31)(H,28,32). The van der Waals surface area contributed by atoms with Crippen molar-refractivity contribution in [3.63, 3.8) is 0 Å². The summed E-state index contributed by atoms with van der Waals surface area (Å²) in [5, 5.41) is 8.51. The van der Waals surface area contributed by atoms with Crippen molar-refractivity contribution in [1.29, 1.82) is 0 Å². The van der Waals surface area contributed by atoms with Crippen molar-refractivity contribution in [1.82, 2.24) is 15.5 Å². The van der Waals surface area contributed by atoms with Crippen molar-refractivity contribution >= 4 is 23.5 Å². The molecule has 0 spiro atoms. The number of hydrogen-bond donors (Lipinski definition) is 3. The van der Waals surface area contributed by atoms with Crippen LogP contribution < -0.4 is 16.0 Å². The van der Waals surface area contributed by atoms with E-state index in [2.05, 4.69) is 16.0 Å². The summed E-state index contributed by atoms with van der Waals surface area (Å²) in [4.78, 5) is 38.6. The molecule has 8 heteroatoms. The number of amides is 4. The predicted octanol–water partition coefficient (Wildman–Crippen LogP) is 2.99. The van der Waals surface area contributed by atoms with Crippen LogP contribution in [0.25, 0.3) is 0 Å². The van der Waals surface area contributed by atoms with Crippen molar-refractivity contribution in [2.75, 3.05) is 18.4 Å². The van der Waals surface area contributed by atoms with Gasteiger partial charge in [0, 0.05) is 38.2 Å². The molecule has 1 aliphatic heterocycles. The fourth-order valence-corrected chi connectivity index (χ4v) is 3.68. The van der Waals surface area contributed by atoms with E-state index < -0.39 is 6.04 Å². The van der Waals surface area contributed by atoms with E-state index in [0.717, 1.165) is 11.1 Å². The molecular weight excluding hydrogens is 411 g/mol. The fourth-order valence-electron chi connectivity index (χ4n) is 3.68. The Morgan fingerprint density at radius 1 is 1.03 bits per heavy atom. The van der Waals surface area contributed by atoms with E-state index in [1.54, 1.807) is 4.90 Å². The maximum atomic E-state index is 13.0. The minimum Gasteiger partial charge on any atom is -0.351 e. The normalized spacial score (nSPS) is 15.0. The van der Waals surface area contributed by atoms with E-state index in [0.29, 0.717) is 38.0 Å². The molecule has 1 atom stereocenters. The average molecular weight is 441 g/mol. The zero-order valence-electron chi connectivity index (χ0n) is 18.4. The Kier molecular flexibility index (Phi) is 7.81. The number of likely N-dealkylation sites (tertiary alicyclic amines) is 1. The highest BCUT2D eigenvalue weighted by molar-refractivity contribution is 5.89. The highest BCUT2D eigenvalue weighted by atomic mass is 19.1. The van der Waals surface area contributed by atoms with Gasteiger partial charge in [-0.2, -0.15) is 0 Å². The van der Waals surface area contributed by atoms with Gasteiger partial charge in [-0.05, 0) is 49.6 Å². The van der Waals surface area contributed by atoms with Gasteiger partial charge in [-0.15, -0.1) is 0 Å². The Balaban J connectivity index is 1.50. The van der Waals surface area contributed by atoms with Gasteiger partial charge in [0.05, 0.1) is 0 Å². The number of nitrogens with one attached hydrogen (secondary N) is 3. The molecule has 32 heavy (non-hydrogen) atoms. The third-order valence-corrected chi connectivity index (χ3v) is 5.48. The lowest BCUT2D eigenvalue weighted by Crippen LogP contribution is -2.53. The number of aryl methyl sites for hydroxylation is 1. The number of hydrogen-bond acceptors (Lipinski definition) is 3. The van der Waals surface area contributed by atoms with E-state index in [9.17, 15) is 18.8 Å². The van der Waals surface area contributed by atoms with Crippen molar-refractivity contribution in [3.8, 4) is 0 Å². The van der Waals surface area contributed by atoms with Crippen LogP contribution in [0, 0.1) is 12.7 Å². The van der Waals surface area contributed by atoms with Crippen LogP contribution in [0.1, 0.15) is 30.9 Å². The number of rotatable bonds is 6. The maximum Gasteiger partial charge on any atom is 0.321 e. The summed E-state index contributed by atoms with van der Waals surface area (Å²) in [5.74, 6) is -0.848. The van der Waals surface area contributed by atoms with Crippen LogP contribution in [-0.4, -0.2) is 47.9 Å². The first-order valence-corrected chi connectivity index (χ1v) is 10.7. The number of anilines is 1. The summed E-state index contributed by atoms with van der Waals surface area (Å²) in [7, 11) is 0. The van der Waals surface area contributed by atoms with Gasteiger partial charge in [0.2, 0.25) is 11.8 Å². The van der Waals surface area contributed by atoms with Crippen molar-refractivity contribution in [2.24, 2.45) is 0 Å². The molecule has 3 rings (SSSR count). The van der Waals surface area contributed by atoms with Crippen LogP contribution in [0.3, 0.4) is 0 Å². The smallest absolute Gasteiger partial charge is 0.321 e. The second kappa shape index (κ2) is 10.7. The second-order valence-corrected chi connectivity index (χ2v) is 8.15. The molecular formula is C24H29FN4O3. The summed E-state index contributed by atoms with van der Waals surface area (Å²) in [5.41, 5.74) is 2.63. The van der Waals surface area contributed by atoms with Crippen molar-refractivity contribution in [2.45, 2.75) is 45.2 Å². The van der Waals surface area contributed by atoms with Gasteiger partial charge in [0.15, 0.2) is 0 Å². The minimum atomic E-state index is -0.657.